The lowest BCUT2D eigenvalue weighted by Gasteiger charge is -2.07. The number of hydrogen-bond donors (Lipinski definition) is 2. The second-order valence-electron chi connectivity index (χ2n) is 6.29. The molecule has 0 aliphatic heterocycles. The molecule has 7 nitrogen and oxygen atoms in total. The molecule has 0 aliphatic rings. The summed E-state index contributed by atoms with van der Waals surface area (Å²) < 4.78 is 7.38. The molecule has 2 aromatic carbocycles. The van der Waals surface area contributed by atoms with Gasteiger partial charge >= 0.3 is 0 Å². The maximum Gasteiger partial charge on any atom is 0.298 e. The molecule has 8 heteroatoms. The highest BCUT2D eigenvalue weighted by Crippen LogP contribution is 2.25. The van der Waals surface area contributed by atoms with Gasteiger partial charge in [-0.1, -0.05) is 15.9 Å². The van der Waals surface area contributed by atoms with E-state index >= 15 is 0 Å². The van der Waals surface area contributed by atoms with E-state index < -0.39 is 0 Å². The van der Waals surface area contributed by atoms with Crippen LogP contribution in [0.15, 0.2) is 50.8 Å². The van der Waals surface area contributed by atoms with E-state index in [-0.39, 0.29) is 12.2 Å². The van der Waals surface area contributed by atoms with Crippen LogP contribution in [0.4, 0.5) is 0 Å². The van der Waals surface area contributed by atoms with Crippen LogP contribution in [0.25, 0.3) is 21.9 Å². The third-order valence-electron chi connectivity index (χ3n) is 4.52. The second-order valence-corrected chi connectivity index (χ2v) is 7.20. The predicted octanol–water partition coefficient (Wildman–Crippen LogP) is 3.33. The summed E-state index contributed by atoms with van der Waals surface area (Å²) in [6.07, 6.45) is 1.56. The van der Waals surface area contributed by atoms with Gasteiger partial charge < -0.3 is 14.8 Å². The molecule has 4 aromatic rings. The molecule has 0 saturated heterocycles. The zero-order chi connectivity index (χ0) is 19.8. The quantitative estimate of drug-likeness (QED) is 0.476. The number of rotatable bonds is 4. The molecule has 0 unspecified atom stereocenters. The van der Waals surface area contributed by atoms with Crippen LogP contribution in [-0.4, -0.2) is 33.1 Å². The lowest BCUT2D eigenvalue weighted by Crippen LogP contribution is -2.20. The highest BCUT2D eigenvalue weighted by atomic mass is 79.9. The molecular weight excluding hydrogens is 424 g/mol. The first kappa shape index (κ1) is 18.4. The Bertz CT molecular complexity index is 1290. The van der Waals surface area contributed by atoms with Gasteiger partial charge in [0.25, 0.3) is 5.56 Å². The zero-order valence-electron chi connectivity index (χ0n) is 15.2. The Balaban J connectivity index is 1.82. The molecule has 2 aromatic heterocycles. The molecule has 142 valence electrons. The van der Waals surface area contributed by atoms with Gasteiger partial charge in [-0.15, -0.1) is 0 Å². The Labute approximate surface area is 168 Å². The Morgan fingerprint density at radius 1 is 1.32 bits per heavy atom. The van der Waals surface area contributed by atoms with Crippen molar-refractivity contribution in [2.75, 3.05) is 7.11 Å². The van der Waals surface area contributed by atoms with E-state index in [4.69, 9.17) is 4.74 Å². The number of fused-ring (bicyclic) bond motifs is 3. The Hall–Kier alpha value is -2.97. The normalized spacial score (nSPS) is 11.7. The maximum atomic E-state index is 13.0. The lowest BCUT2D eigenvalue weighted by atomic mass is 10.1. The van der Waals surface area contributed by atoms with Gasteiger partial charge in [-0.2, -0.15) is 9.78 Å². The van der Waals surface area contributed by atoms with E-state index in [1.807, 2.05) is 18.2 Å². The van der Waals surface area contributed by atoms with Crippen molar-refractivity contribution in [3.63, 3.8) is 0 Å². The van der Waals surface area contributed by atoms with Crippen molar-refractivity contribution >= 4 is 44.1 Å². The summed E-state index contributed by atoms with van der Waals surface area (Å²) in [6.45, 7) is 1.59. The van der Waals surface area contributed by atoms with Crippen LogP contribution in [0.5, 0.6) is 5.75 Å². The van der Waals surface area contributed by atoms with E-state index in [0.29, 0.717) is 28.2 Å². The van der Waals surface area contributed by atoms with Gasteiger partial charge in [0, 0.05) is 20.9 Å². The van der Waals surface area contributed by atoms with Gasteiger partial charge in [0.05, 0.1) is 19.9 Å². The summed E-state index contributed by atoms with van der Waals surface area (Å²) in [5.41, 5.74) is 2.97. The number of hydrogen-bond acceptors (Lipinski definition) is 5. The highest BCUT2D eigenvalue weighted by Gasteiger charge is 2.13. The third kappa shape index (κ3) is 3.10. The van der Waals surface area contributed by atoms with Crippen LogP contribution in [0.1, 0.15) is 17.0 Å². The molecule has 2 N–H and O–H groups in total. The molecule has 28 heavy (non-hydrogen) atoms. The number of nitrogens with one attached hydrogen (secondary N) is 1. The van der Waals surface area contributed by atoms with Crippen molar-refractivity contribution < 1.29 is 9.84 Å². The van der Waals surface area contributed by atoms with Crippen molar-refractivity contribution in [3.8, 4) is 5.75 Å². The summed E-state index contributed by atoms with van der Waals surface area (Å²) >= 11 is 3.45. The number of H-pyrrole nitrogens is 1. The van der Waals surface area contributed by atoms with Crippen LogP contribution in [-0.2, 0) is 6.61 Å². The largest absolute Gasteiger partial charge is 0.496 e. The number of benzene rings is 2. The molecule has 0 amide bonds. The maximum absolute atomic E-state index is 13.0. The molecule has 0 saturated carbocycles. The van der Waals surface area contributed by atoms with Crippen molar-refractivity contribution in [2.24, 2.45) is 5.10 Å². The fraction of sp³-hybridized carbons (Fsp3) is 0.150. The Morgan fingerprint density at radius 2 is 2.14 bits per heavy atom. The van der Waals surface area contributed by atoms with Gasteiger partial charge in [0.2, 0.25) is 0 Å². The standard InChI is InChI=1S/C20H17BrN4O3/c1-11-23-18-15-8-14(21)4-5-16(15)24-19(18)20(27)25(11)22-9-12-3-6-17(28-2)13(7-12)10-26/h3-9,24,26H,10H2,1-2H3. The Kier molecular flexibility index (Phi) is 4.74. The molecule has 2 heterocycles. The van der Waals surface area contributed by atoms with Gasteiger partial charge in [-0.05, 0) is 48.9 Å². The van der Waals surface area contributed by atoms with Gasteiger partial charge in [-0.25, -0.2) is 4.98 Å². The topological polar surface area (TPSA) is 92.5 Å². The van der Waals surface area contributed by atoms with Crippen molar-refractivity contribution in [1.82, 2.24) is 14.6 Å². The molecule has 4 rings (SSSR count). The minimum Gasteiger partial charge on any atom is -0.496 e. The number of nitrogens with zero attached hydrogens (tertiary/aromatic N) is 3. The van der Waals surface area contributed by atoms with E-state index in [0.717, 1.165) is 20.9 Å². The van der Waals surface area contributed by atoms with Gasteiger partial charge in [-0.3, -0.25) is 4.79 Å². The molecule has 0 atom stereocenters. The number of aromatic amines is 1. The van der Waals surface area contributed by atoms with Crippen molar-refractivity contribution in [2.45, 2.75) is 13.5 Å². The summed E-state index contributed by atoms with van der Waals surface area (Å²) in [5, 5.41) is 14.6. The molecule has 0 fully saturated rings. The second kappa shape index (κ2) is 7.21. The summed E-state index contributed by atoms with van der Waals surface area (Å²) in [4.78, 5) is 20.7. The molecule has 0 aliphatic carbocycles. The van der Waals surface area contributed by atoms with Gasteiger partial charge in [0.15, 0.2) is 0 Å². The van der Waals surface area contributed by atoms with E-state index in [1.165, 1.54) is 4.68 Å². The SMILES string of the molecule is COc1ccc(C=Nn2c(C)nc3c([nH]c4ccc(Br)cc43)c2=O)cc1CO. The summed E-state index contributed by atoms with van der Waals surface area (Å²) in [7, 11) is 1.55. The van der Waals surface area contributed by atoms with E-state index in [2.05, 4.69) is 31.0 Å². The van der Waals surface area contributed by atoms with E-state index in [1.54, 1.807) is 38.4 Å². The fourth-order valence-electron chi connectivity index (χ4n) is 3.15. The molecular formula is C20H17BrN4O3. The first-order valence-corrected chi connectivity index (χ1v) is 9.34. The average Bonchev–Trinajstić information content (AvgIpc) is 3.05. The van der Waals surface area contributed by atoms with Crippen LogP contribution >= 0.6 is 15.9 Å². The molecule has 0 radical (unpaired) electrons. The minimum absolute atomic E-state index is 0.151. The first-order valence-electron chi connectivity index (χ1n) is 8.54. The predicted molar refractivity (Wildman–Crippen MR) is 112 cm³/mol. The van der Waals surface area contributed by atoms with Crippen LogP contribution in [0.2, 0.25) is 0 Å². The average molecular weight is 441 g/mol. The van der Waals surface area contributed by atoms with Crippen LogP contribution < -0.4 is 10.3 Å². The number of aliphatic hydroxyl groups is 1. The number of aliphatic hydroxyl groups excluding tert-OH is 1. The summed E-state index contributed by atoms with van der Waals surface area (Å²) in [5.74, 6) is 1.07. The third-order valence-corrected chi connectivity index (χ3v) is 5.01. The highest BCUT2D eigenvalue weighted by molar-refractivity contribution is 9.10. The van der Waals surface area contributed by atoms with E-state index in [9.17, 15) is 9.90 Å². The molecule has 0 spiro atoms. The number of halogens is 1. The number of methoxy groups -OCH3 is 1. The summed E-state index contributed by atoms with van der Waals surface area (Å²) in [6, 6.07) is 11.0. The molecule has 0 bridgehead atoms. The number of aryl methyl sites for hydroxylation is 1. The Morgan fingerprint density at radius 3 is 2.89 bits per heavy atom. The first-order chi connectivity index (χ1) is 13.5. The fourth-order valence-corrected chi connectivity index (χ4v) is 3.51. The lowest BCUT2D eigenvalue weighted by molar-refractivity contribution is 0.274. The van der Waals surface area contributed by atoms with Crippen molar-refractivity contribution in [1.29, 1.82) is 0 Å². The monoisotopic (exact) mass is 440 g/mol. The number of ether oxygens (including phenoxy) is 1. The zero-order valence-corrected chi connectivity index (χ0v) is 16.8. The smallest absolute Gasteiger partial charge is 0.298 e. The van der Waals surface area contributed by atoms with Crippen LogP contribution in [0, 0.1) is 6.92 Å². The van der Waals surface area contributed by atoms with Gasteiger partial charge in [0.1, 0.15) is 22.6 Å². The number of aromatic nitrogens is 3. The minimum atomic E-state index is -0.276. The van der Waals surface area contributed by atoms with Crippen molar-refractivity contribution in [3.05, 3.63) is 68.2 Å². The van der Waals surface area contributed by atoms with Crippen LogP contribution in [0.3, 0.4) is 0 Å².